The zero-order valence-corrected chi connectivity index (χ0v) is 13.1. The molecule has 0 aliphatic rings. The predicted octanol–water partition coefficient (Wildman–Crippen LogP) is 4.53. The molecule has 0 aliphatic heterocycles. The first-order valence-corrected chi connectivity index (χ1v) is 7.78. The minimum atomic E-state index is -0.192. The maximum absolute atomic E-state index is 12.1. The van der Waals surface area contributed by atoms with E-state index >= 15 is 0 Å². The van der Waals surface area contributed by atoms with Crippen molar-refractivity contribution in [3.8, 4) is 0 Å². The zero-order chi connectivity index (χ0) is 14.8. The number of carbonyl (C=O) groups is 1. The third-order valence-electron chi connectivity index (χ3n) is 2.91. The number of fused-ring (bicyclic) bond motifs is 1. The summed E-state index contributed by atoms with van der Waals surface area (Å²) < 4.78 is 0.941. The van der Waals surface area contributed by atoms with Crippen LogP contribution in [-0.2, 0) is 6.54 Å². The minimum Gasteiger partial charge on any atom is -0.346 e. The summed E-state index contributed by atoms with van der Waals surface area (Å²) in [6.07, 6.45) is 0. The molecule has 0 fully saturated rings. The van der Waals surface area contributed by atoms with Gasteiger partial charge in [0.1, 0.15) is 0 Å². The second-order valence-electron chi connectivity index (χ2n) is 4.44. The van der Waals surface area contributed by atoms with Crippen LogP contribution in [0.2, 0.25) is 10.0 Å². The van der Waals surface area contributed by atoms with Gasteiger partial charge < -0.3 is 5.32 Å². The molecule has 3 rings (SSSR count). The molecule has 0 saturated carbocycles. The van der Waals surface area contributed by atoms with Crippen molar-refractivity contribution in [2.75, 3.05) is 0 Å². The van der Waals surface area contributed by atoms with Gasteiger partial charge in [0.2, 0.25) is 0 Å². The van der Waals surface area contributed by atoms with Crippen molar-refractivity contribution in [3.05, 3.63) is 63.1 Å². The van der Waals surface area contributed by atoms with Crippen molar-refractivity contribution in [1.29, 1.82) is 0 Å². The van der Waals surface area contributed by atoms with Crippen molar-refractivity contribution in [3.63, 3.8) is 0 Å². The minimum absolute atomic E-state index is 0.192. The standard InChI is InChI=1S/C15H10Cl2N2OS/c16-10-3-1-9(2-4-10)8-18-14(20)15-19-12-7-11(17)5-6-13(12)21-15/h1-7H,8H2,(H,18,20). The first-order chi connectivity index (χ1) is 10.1. The first-order valence-electron chi connectivity index (χ1n) is 6.20. The zero-order valence-electron chi connectivity index (χ0n) is 10.8. The van der Waals surface area contributed by atoms with Crippen molar-refractivity contribution in [2.45, 2.75) is 6.54 Å². The van der Waals surface area contributed by atoms with E-state index in [0.717, 1.165) is 15.8 Å². The Morgan fingerprint density at radius 1 is 1.10 bits per heavy atom. The highest BCUT2D eigenvalue weighted by atomic mass is 35.5. The number of amides is 1. The molecule has 21 heavy (non-hydrogen) atoms. The lowest BCUT2D eigenvalue weighted by atomic mass is 10.2. The quantitative estimate of drug-likeness (QED) is 0.763. The molecular weight excluding hydrogens is 327 g/mol. The van der Waals surface area contributed by atoms with Gasteiger partial charge >= 0.3 is 0 Å². The molecule has 2 aromatic carbocycles. The Kier molecular flexibility index (Phi) is 4.10. The third kappa shape index (κ3) is 3.35. The van der Waals surface area contributed by atoms with E-state index in [2.05, 4.69) is 10.3 Å². The highest BCUT2D eigenvalue weighted by molar-refractivity contribution is 7.20. The first kappa shape index (κ1) is 14.3. The number of hydrogen-bond donors (Lipinski definition) is 1. The van der Waals surface area contributed by atoms with Gasteiger partial charge in [-0.2, -0.15) is 0 Å². The summed E-state index contributed by atoms with van der Waals surface area (Å²) in [5.74, 6) is -0.192. The van der Waals surface area contributed by atoms with Gasteiger partial charge in [-0.25, -0.2) is 4.98 Å². The number of rotatable bonds is 3. The Bertz CT molecular complexity index is 799. The molecule has 1 heterocycles. The molecule has 1 aromatic heterocycles. The fourth-order valence-corrected chi connectivity index (χ4v) is 3.01. The molecule has 0 saturated heterocycles. The number of hydrogen-bond acceptors (Lipinski definition) is 3. The van der Waals surface area contributed by atoms with E-state index in [9.17, 15) is 4.79 Å². The Hall–Kier alpha value is -1.62. The van der Waals surface area contributed by atoms with Crippen molar-refractivity contribution < 1.29 is 4.79 Å². The summed E-state index contributed by atoms with van der Waals surface area (Å²) in [7, 11) is 0. The fraction of sp³-hybridized carbons (Fsp3) is 0.0667. The van der Waals surface area contributed by atoms with Gasteiger partial charge in [0.25, 0.3) is 5.91 Å². The van der Waals surface area contributed by atoms with E-state index in [1.807, 2.05) is 18.2 Å². The maximum Gasteiger partial charge on any atom is 0.280 e. The van der Waals surface area contributed by atoms with Gasteiger partial charge in [0, 0.05) is 16.6 Å². The van der Waals surface area contributed by atoms with Crippen LogP contribution in [-0.4, -0.2) is 10.9 Å². The van der Waals surface area contributed by atoms with Crippen LogP contribution >= 0.6 is 34.5 Å². The lowest BCUT2D eigenvalue weighted by Gasteiger charge is -2.03. The number of carbonyl (C=O) groups excluding carboxylic acids is 1. The summed E-state index contributed by atoms with van der Waals surface area (Å²) in [6.45, 7) is 0.437. The van der Waals surface area contributed by atoms with Gasteiger partial charge in [0.05, 0.1) is 10.2 Å². The van der Waals surface area contributed by atoms with Crippen LogP contribution in [0.5, 0.6) is 0 Å². The molecule has 6 heteroatoms. The van der Waals surface area contributed by atoms with Crippen molar-refractivity contribution in [2.24, 2.45) is 0 Å². The molecule has 1 N–H and O–H groups in total. The van der Waals surface area contributed by atoms with Gasteiger partial charge in [-0.3, -0.25) is 4.79 Å². The SMILES string of the molecule is O=C(NCc1ccc(Cl)cc1)c1nc2cc(Cl)ccc2s1. The van der Waals surface area contributed by atoms with E-state index in [1.165, 1.54) is 11.3 Å². The monoisotopic (exact) mass is 336 g/mol. The predicted molar refractivity (Wildman–Crippen MR) is 87.3 cm³/mol. The van der Waals surface area contributed by atoms with Crippen LogP contribution < -0.4 is 5.32 Å². The average molecular weight is 337 g/mol. The molecule has 0 spiro atoms. The Balaban J connectivity index is 1.73. The van der Waals surface area contributed by atoms with Crippen LogP contribution in [0.1, 0.15) is 15.4 Å². The van der Waals surface area contributed by atoms with Crippen LogP contribution in [0.3, 0.4) is 0 Å². The van der Waals surface area contributed by atoms with Crippen molar-refractivity contribution >= 4 is 50.7 Å². The highest BCUT2D eigenvalue weighted by Gasteiger charge is 2.12. The molecule has 0 unspecified atom stereocenters. The van der Waals surface area contributed by atoms with Crippen molar-refractivity contribution in [1.82, 2.24) is 10.3 Å². The molecule has 0 aliphatic carbocycles. The van der Waals surface area contributed by atoms with Crippen LogP contribution in [0.25, 0.3) is 10.2 Å². The molecule has 106 valence electrons. The molecular formula is C15H10Cl2N2OS. The molecule has 3 nitrogen and oxygen atoms in total. The van der Waals surface area contributed by atoms with E-state index in [1.54, 1.807) is 24.3 Å². The van der Waals surface area contributed by atoms with Gasteiger partial charge in [-0.1, -0.05) is 35.3 Å². The third-order valence-corrected chi connectivity index (χ3v) is 4.43. The summed E-state index contributed by atoms with van der Waals surface area (Å²) in [4.78, 5) is 16.4. The lowest BCUT2D eigenvalue weighted by molar-refractivity contribution is 0.0951. The Morgan fingerprint density at radius 2 is 1.81 bits per heavy atom. The van der Waals surface area contributed by atoms with Gasteiger partial charge in [-0.05, 0) is 35.9 Å². The van der Waals surface area contributed by atoms with E-state index in [0.29, 0.717) is 21.6 Å². The number of benzene rings is 2. The number of thiazole rings is 1. The second kappa shape index (κ2) is 6.02. The van der Waals surface area contributed by atoms with Gasteiger partial charge in [0.15, 0.2) is 5.01 Å². The molecule has 0 atom stereocenters. The second-order valence-corrected chi connectivity index (χ2v) is 6.34. The molecule has 3 aromatic rings. The molecule has 0 radical (unpaired) electrons. The van der Waals surface area contributed by atoms with Gasteiger partial charge in [-0.15, -0.1) is 11.3 Å². The normalized spacial score (nSPS) is 10.8. The number of aromatic nitrogens is 1. The maximum atomic E-state index is 12.1. The van der Waals surface area contributed by atoms with E-state index in [4.69, 9.17) is 23.2 Å². The van der Waals surface area contributed by atoms with Crippen LogP contribution in [0, 0.1) is 0 Å². The fourth-order valence-electron chi connectivity index (χ4n) is 1.86. The van der Waals surface area contributed by atoms with Crippen LogP contribution in [0.15, 0.2) is 42.5 Å². The summed E-state index contributed by atoms with van der Waals surface area (Å²) in [5.41, 5.74) is 1.72. The lowest BCUT2D eigenvalue weighted by Crippen LogP contribution is -2.22. The molecule has 0 bridgehead atoms. The topological polar surface area (TPSA) is 42.0 Å². The van der Waals surface area contributed by atoms with E-state index in [-0.39, 0.29) is 5.91 Å². The smallest absolute Gasteiger partial charge is 0.280 e. The highest BCUT2D eigenvalue weighted by Crippen LogP contribution is 2.24. The average Bonchev–Trinajstić information content (AvgIpc) is 2.89. The van der Waals surface area contributed by atoms with Crippen LogP contribution in [0.4, 0.5) is 0 Å². The summed E-state index contributed by atoms with van der Waals surface area (Å²) >= 11 is 13.1. The number of nitrogens with one attached hydrogen (secondary N) is 1. The largest absolute Gasteiger partial charge is 0.346 e. The number of halogens is 2. The molecule has 1 amide bonds. The van der Waals surface area contributed by atoms with E-state index < -0.39 is 0 Å². The number of nitrogens with zero attached hydrogens (tertiary/aromatic N) is 1. The Morgan fingerprint density at radius 3 is 2.57 bits per heavy atom. The summed E-state index contributed by atoms with van der Waals surface area (Å²) in [6, 6.07) is 12.7. The Labute approximate surface area is 135 Å². The summed E-state index contributed by atoms with van der Waals surface area (Å²) in [5, 5.41) is 4.56.